The molecule has 0 radical (unpaired) electrons. The Labute approximate surface area is 115 Å². The predicted molar refractivity (Wildman–Crippen MR) is 77.6 cm³/mol. The number of nitrogens with zero attached hydrogens (tertiary/aromatic N) is 1. The van der Waals surface area contributed by atoms with E-state index in [1.807, 2.05) is 6.07 Å². The van der Waals surface area contributed by atoms with Crippen molar-refractivity contribution in [1.29, 1.82) is 5.41 Å². The number of hydrogen-bond acceptors (Lipinski definition) is 3. The third kappa shape index (κ3) is 3.47. The Morgan fingerprint density at radius 2 is 2.11 bits per heavy atom. The van der Waals surface area contributed by atoms with Crippen molar-refractivity contribution in [3.8, 4) is 5.75 Å². The zero-order chi connectivity index (χ0) is 13.8. The van der Waals surface area contributed by atoms with Gasteiger partial charge in [0.1, 0.15) is 5.75 Å². The number of likely N-dealkylation sites (tertiary alicyclic amines) is 1. The number of amidine groups is 1. The Morgan fingerprint density at radius 3 is 2.68 bits per heavy atom. The normalized spacial score (nSPS) is 17.4. The van der Waals surface area contributed by atoms with Gasteiger partial charge in [-0.25, -0.2) is 0 Å². The molecule has 1 aliphatic heterocycles. The van der Waals surface area contributed by atoms with Gasteiger partial charge < -0.3 is 10.5 Å². The first-order chi connectivity index (χ1) is 9.10. The Hall–Kier alpha value is -1.55. The van der Waals surface area contributed by atoms with Crippen molar-refractivity contribution in [2.75, 3.05) is 20.2 Å². The molecule has 1 aromatic carbocycles. The summed E-state index contributed by atoms with van der Waals surface area (Å²) in [7, 11) is 1.72. The Kier molecular flexibility index (Phi) is 4.43. The first kappa shape index (κ1) is 13.9. The lowest BCUT2D eigenvalue weighted by molar-refractivity contribution is 0.199. The van der Waals surface area contributed by atoms with Gasteiger partial charge in [0.05, 0.1) is 12.9 Å². The van der Waals surface area contributed by atoms with E-state index in [1.54, 1.807) is 7.11 Å². The first-order valence-corrected chi connectivity index (χ1v) is 6.80. The number of nitrogens with one attached hydrogen (secondary N) is 1. The van der Waals surface area contributed by atoms with Crippen LogP contribution in [0.3, 0.4) is 0 Å². The van der Waals surface area contributed by atoms with Crippen molar-refractivity contribution in [3.63, 3.8) is 0 Å². The van der Waals surface area contributed by atoms with Crippen LogP contribution in [-0.2, 0) is 6.54 Å². The maximum Gasteiger partial charge on any atom is 0.123 e. The third-order valence-electron chi connectivity index (χ3n) is 3.86. The minimum atomic E-state index is 0.274. The minimum Gasteiger partial charge on any atom is -0.496 e. The highest BCUT2D eigenvalue weighted by Gasteiger charge is 2.21. The number of ether oxygens (including phenoxy) is 1. The first-order valence-electron chi connectivity index (χ1n) is 6.80. The predicted octanol–water partition coefficient (Wildman–Crippen LogP) is 2.15. The van der Waals surface area contributed by atoms with Crippen LogP contribution in [0.5, 0.6) is 5.75 Å². The van der Waals surface area contributed by atoms with Crippen LogP contribution in [0.15, 0.2) is 18.2 Å². The fourth-order valence-corrected chi connectivity index (χ4v) is 2.67. The van der Waals surface area contributed by atoms with E-state index in [-0.39, 0.29) is 5.92 Å². The highest BCUT2D eigenvalue weighted by atomic mass is 16.5. The van der Waals surface area contributed by atoms with E-state index in [0.717, 1.165) is 38.2 Å². The van der Waals surface area contributed by atoms with Gasteiger partial charge in [-0.1, -0.05) is 17.7 Å². The summed E-state index contributed by atoms with van der Waals surface area (Å²) in [6.07, 6.45) is 1.98. The number of aryl methyl sites for hydroxylation is 1. The molecule has 1 aromatic rings. The van der Waals surface area contributed by atoms with Crippen molar-refractivity contribution in [2.45, 2.75) is 26.3 Å². The molecule has 0 aliphatic carbocycles. The second-order valence-corrected chi connectivity index (χ2v) is 5.32. The van der Waals surface area contributed by atoms with Gasteiger partial charge in [-0.15, -0.1) is 0 Å². The van der Waals surface area contributed by atoms with Gasteiger partial charge in [-0.05, 0) is 38.9 Å². The molecule has 104 valence electrons. The molecule has 1 heterocycles. The quantitative estimate of drug-likeness (QED) is 0.645. The van der Waals surface area contributed by atoms with E-state index in [4.69, 9.17) is 15.9 Å². The van der Waals surface area contributed by atoms with E-state index in [2.05, 4.69) is 24.0 Å². The zero-order valence-electron chi connectivity index (χ0n) is 11.8. The molecule has 0 bridgehead atoms. The lowest BCUT2D eigenvalue weighted by Crippen LogP contribution is -2.37. The molecule has 0 amide bonds. The zero-order valence-corrected chi connectivity index (χ0v) is 11.8. The molecule has 4 nitrogen and oxygen atoms in total. The smallest absolute Gasteiger partial charge is 0.123 e. The highest BCUT2D eigenvalue weighted by molar-refractivity contribution is 5.79. The standard InChI is InChI=1S/C15H23N3O/c1-11-3-4-14(19-2)13(9-11)10-18-7-5-12(6-8-18)15(16)17/h3-4,9,12H,5-8,10H2,1-2H3,(H3,16,17). The van der Waals surface area contributed by atoms with E-state index < -0.39 is 0 Å². The molecule has 0 saturated carbocycles. The maximum absolute atomic E-state index is 7.51. The van der Waals surface area contributed by atoms with Gasteiger partial charge in [0.15, 0.2) is 0 Å². The van der Waals surface area contributed by atoms with Gasteiger partial charge in [0, 0.05) is 18.0 Å². The molecule has 0 unspecified atom stereocenters. The van der Waals surface area contributed by atoms with E-state index >= 15 is 0 Å². The molecular formula is C15H23N3O. The SMILES string of the molecule is COc1ccc(C)cc1CN1CCC(C(=N)N)CC1. The van der Waals surface area contributed by atoms with Crippen LogP contribution >= 0.6 is 0 Å². The summed E-state index contributed by atoms with van der Waals surface area (Å²) in [5, 5.41) is 7.51. The van der Waals surface area contributed by atoms with Crippen molar-refractivity contribution in [1.82, 2.24) is 4.90 Å². The monoisotopic (exact) mass is 261 g/mol. The molecule has 19 heavy (non-hydrogen) atoms. The summed E-state index contributed by atoms with van der Waals surface area (Å²) in [5.74, 6) is 1.57. The third-order valence-corrected chi connectivity index (χ3v) is 3.86. The average Bonchev–Trinajstić information content (AvgIpc) is 2.39. The molecule has 0 aromatic heterocycles. The number of benzene rings is 1. The van der Waals surface area contributed by atoms with Crippen LogP contribution in [0.25, 0.3) is 0 Å². The van der Waals surface area contributed by atoms with Crippen molar-refractivity contribution >= 4 is 5.84 Å². The van der Waals surface area contributed by atoms with Crippen LogP contribution in [-0.4, -0.2) is 30.9 Å². The number of rotatable bonds is 4. The molecule has 0 spiro atoms. The second-order valence-electron chi connectivity index (χ2n) is 5.32. The van der Waals surface area contributed by atoms with Crippen molar-refractivity contribution in [2.24, 2.45) is 11.7 Å². The summed E-state index contributed by atoms with van der Waals surface area (Å²) in [6.45, 7) is 5.02. The highest BCUT2D eigenvalue weighted by Crippen LogP contribution is 2.24. The summed E-state index contributed by atoms with van der Waals surface area (Å²) in [4.78, 5) is 2.41. The van der Waals surface area contributed by atoms with Crippen LogP contribution in [0, 0.1) is 18.3 Å². The van der Waals surface area contributed by atoms with Gasteiger partial charge in [-0.2, -0.15) is 0 Å². The van der Waals surface area contributed by atoms with Gasteiger partial charge in [0.2, 0.25) is 0 Å². The van der Waals surface area contributed by atoms with Crippen molar-refractivity contribution in [3.05, 3.63) is 29.3 Å². The number of piperidine rings is 1. The Bertz CT molecular complexity index is 451. The second kappa shape index (κ2) is 6.06. The van der Waals surface area contributed by atoms with E-state index in [0.29, 0.717) is 5.84 Å². The van der Waals surface area contributed by atoms with Crippen LogP contribution in [0.2, 0.25) is 0 Å². The number of nitrogens with two attached hydrogens (primary N) is 1. The Balaban J connectivity index is 1.99. The lowest BCUT2D eigenvalue weighted by Gasteiger charge is -2.31. The van der Waals surface area contributed by atoms with E-state index in [9.17, 15) is 0 Å². The van der Waals surface area contributed by atoms with Gasteiger partial charge >= 0.3 is 0 Å². The number of hydrogen-bond donors (Lipinski definition) is 2. The minimum absolute atomic E-state index is 0.274. The maximum atomic E-state index is 7.51. The molecule has 1 saturated heterocycles. The fourth-order valence-electron chi connectivity index (χ4n) is 2.67. The van der Waals surface area contributed by atoms with Gasteiger partial charge in [-0.3, -0.25) is 10.3 Å². The van der Waals surface area contributed by atoms with Crippen LogP contribution in [0.4, 0.5) is 0 Å². The topological polar surface area (TPSA) is 62.3 Å². The summed E-state index contributed by atoms with van der Waals surface area (Å²) >= 11 is 0. The molecule has 1 fully saturated rings. The average molecular weight is 261 g/mol. The van der Waals surface area contributed by atoms with E-state index in [1.165, 1.54) is 11.1 Å². The summed E-state index contributed by atoms with van der Waals surface area (Å²) < 4.78 is 5.42. The van der Waals surface area contributed by atoms with Crippen molar-refractivity contribution < 1.29 is 4.74 Å². The van der Waals surface area contributed by atoms with Gasteiger partial charge in [0.25, 0.3) is 0 Å². The summed E-state index contributed by atoms with van der Waals surface area (Å²) in [5.41, 5.74) is 8.07. The molecule has 4 heteroatoms. The largest absolute Gasteiger partial charge is 0.496 e. The molecule has 3 N–H and O–H groups in total. The molecular weight excluding hydrogens is 238 g/mol. The van der Waals surface area contributed by atoms with Crippen LogP contribution in [0.1, 0.15) is 24.0 Å². The summed E-state index contributed by atoms with van der Waals surface area (Å²) in [6, 6.07) is 6.30. The molecule has 0 atom stereocenters. The van der Waals surface area contributed by atoms with Crippen LogP contribution < -0.4 is 10.5 Å². The molecule has 1 aliphatic rings. The lowest BCUT2D eigenvalue weighted by atomic mass is 9.95. The Morgan fingerprint density at radius 1 is 1.42 bits per heavy atom. The fraction of sp³-hybridized carbons (Fsp3) is 0.533. The number of methoxy groups -OCH3 is 1. The molecule has 2 rings (SSSR count).